The molecule has 0 radical (unpaired) electrons. The van der Waals surface area contributed by atoms with Gasteiger partial charge in [0.15, 0.2) is 6.10 Å². The number of ether oxygens (including phenoxy) is 4. The Morgan fingerprint density at radius 3 is 0.835 bits per heavy atom. The highest BCUT2D eigenvalue weighted by Gasteiger charge is 2.25. The summed E-state index contributed by atoms with van der Waals surface area (Å²) in [6.07, 6.45) is 117. The fourth-order valence-electron chi connectivity index (χ4n) is 12.6. The molecule has 0 heterocycles. The van der Waals surface area contributed by atoms with E-state index in [1.807, 2.05) is 21.1 Å². The van der Waals surface area contributed by atoms with Crippen molar-refractivity contribution in [3.8, 4) is 0 Å². The van der Waals surface area contributed by atoms with Gasteiger partial charge in [-0.15, -0.1) is 0 Å². The molecule has 0 saturated carbocycles. The number of carboxylic acids is 1. The lowest BCUT2D eigenvalue weighted by Crippen LogP contribution is -2.40. The van der Waals surface area contributed by atoms with E-state index in [1.54, 1.807) is 0 Å². The molecule has 2 unspecified atom stereocenters. The zero-order valence-corrected chi connectivity index (χ0v) is 68.2. The standard InChI is InChI=1S/C94H165NO8/c1-6-8-10-12-14-16-18-20-22-24-26-28-30-32-34-36-38-40-42-44-46-48-50-52-54-56-58-60-62-64-66-68-70-72-74-76-78-80-82-84-91(96)101-88-90(89-102-94(93(98)99)100-87-86-95(3,4)5)103-92(97)85-83-81-79-77-75-73-71-69-67-65-63-61-59-57-55-53-51-49-47-45-43-41-39-37-35-33-31-29-27-25-23-21-19-17-15-13-11-9-7-2/h9,11,15,17,21,23-24,26-27,29,33,35,39,41,45,47,51,53,57,59,90,94H,6-8,10,12-14,16,18-20,22,25,28,30-32,34,36-38,40,42-44,46,48-50,52,54-56,58,60-89H2,1-5H3/p+1/b11-9-,17-15-,23-21-,26-24-,29-27-,35-33-,41-39-,47-45-,53-51-,59-57-. The molecule has 0 fully saturated rings. The van der Waals surface area contributed by atoms with Crippen LogP contribution in [0.3, 0.4) is 0 Å². The second-order valence-corrected chi connectivity index (χ2v) is 30.5. The summed E-state index contributed by atoms with van der Waals surface area (Å²) in [6, 6.07) is 0. The Labute approximate surface area is 637 Å². The third kappa shape index (κ3) is 84.8. The van der Waals surface area contributed by atoms with Crippen molar-refractivity contribution >= 4 is 17.9 Å². The Bertz CT molecular complexity index is 2120. The van der Waals surface area contributed by atoms with Crippen molar-refractivity contribution in [3.63, 3.8) is 0 Å². The second-order valence-electron chi connectivity index (χ2n) is 30.5. The summed E-state index contributed by atoms with van der Waals surface area (Å²) in [7, 11) is 5.99. The van der Waals surface area contributed by atoms with Crippen LogP contribution < -0.4 is 0 Å². The minimum absolute atomic E-state index is 0.184. The molecular formula is C94H166NO8+. The monoisotopic (exact) mass is 1440 g/mol. The Morgan fingerprint density at radius 1 is 0.301 bits per heavy atom. The second kappa shape index (κ2) is 83.3. The van der Waals surface area contributed by atoms with Gasteiger partial charge in [-0.2, -0.15) is 0 Å². The lowest BCUT2D eigenvalue weighted by molar-refractivity contribution is -0.870. The molecule has 0 spiro atoms. The van der Waals surface area contributed by atoms with Crippen LogP contribution in [-0.4, -0.2) is 87.4 Å². The highest BCUT2D eigenvalue weighted by molar-refractivity contribution is 5.71. The van der Waals surface area contributed by atoms with E-state index in [0.717, 1.165) is 103 Å². The number of likely N-dealkylation sites (N-methyl/N-ethyl adjacent to an activating group) is 1. The van der Waals surface area contributed by atoms with Crippen molar-refractivity contribution in [2.75, 3.05) is 47.5 Å². The lowest BCUT2D eigenvalue weighted by atomic mass is 10.0. The maximum absolute atomic E-state index is 13.0. The van der Waals surface area contributed by atoms with E-state index in [-0.39, 0.29) is 32.2 Å². The van der Waals surface area contributed by atoms with Crippen LogP contribution in [0.5, 0.6) is 0 Å². The van der Waals surface area contributed by atoms with Crippen LogP contribution in [0.15, 0.2) is 122 Å². The number of allylic oxidation sites excluding steroid dienone is 20. The molecule has 9 heteroatoms. The minimum Gasteiger partial charge on any atom is -0.477 e. The van der Waals surface area contributed by atoms with E-state index in [4.69, 9.17) is 18.9 Å². The largest absolute Gasteiger partial charge is 0.477 e. The molecule has 0 aliphatic carbocycles. The molecule has 0 aromatic rings. The number of quaternary nitrogens is 1. The number of nitrogens with zero attached hydrogens (tertiary/aromatic N) is 1. The van der Waals surface area contributed by atoms with Crippen LogP contribution in [0.1, 0.15) is 399 Å². The van der Waals surface area contributed by atoms with Gasteiger partial charge in [-0.1, -0.05) is 399 Å². The van der Waals surface area contributed by atoms with Gasteiger partial charge in [0, 0.05) is 12.8 Å². The predicted molar refractivity (Wildman–Crippen MR) is 447 cm³/mol. The van der Waals surface area contributed by atoms with Crippen molar-refractivity contribution in [2.45, 2.75) is 411 Å². The number of rotatable bonds is 81. The van der Waals surface area contributed by atoms with Gasteiger partial charge < -0.3 is 28.5 Å². The zero-order valence-electron chi connectivity index (χ0n) is 68.2. The normalized spacial score (nSPS) is 13.2. The number of carbonyl (C=O) groups is 3. The average Bonchev–Trinajstić information content (AvgIpc) is 0.985. The number of unbranched alkanes of at least 4 members (excludes halogenated alkanes) is 46. The van der Waals surface area contributed by atoms with E-state index < -0.39 is 24.3 Å². The van der Waals surface area contributed by atoms with E-state index in [2.05, 4.69) is 135 Å². The van der Waals surface area contributed by atoms with Crippen molar-refractivity contribution in [1.82, 2.24) is 0 Å². The third-order valence-electron chi connectivity index (χ3n) is 19.2. The van der Waals surface area contributed by atoms with Crippen LogP contribution in [0.2, 0.25) is 0 Å². The fraction of sp³-hybridized carbons (Fsp3) is 0.755. The SMILES string of the molecule is CC/C=C\C/C=C\C/C=C\C/C=C\C/C=C\C/C=C\C/C=C\C/C=C\C/C=C\CCCCCCCCCCCCCC(=O)OC(COC(=O)CCCCCCCCCCCCCCCCCCCCCCCCCCCCC/C=C\CCCCCCCCCC)COC(OCC[N+](C)(C)C)C(=O)O. The Kier molecular flexibility index (Phi) is 79.8. The summed E-state index contributed by atoms with van der Waals surface area (Å²) in [5.74, 6) is -1.99. The summed E-state index contributed by atoms with van der Waals surface area (Å²) in [5.41, 5.74) is 0. The molecule has 103 heavy (non-hydrogen) atoms. The van der Waals surface area contributed by atoms with Crippen LogP contribution >= 0.6 is 0 Å². The van der Waals surface area contributed by atoms with Crippen LogP contribution in [0, 0.1) is 0 Å². The maximum atomic E-state index is 13.0. The quantitative estimate of drug-likeness (QED) is 0.0211. The number of carboxylic acid groups (broad SMARTS) is 1. The van der Waals surface area contributed by atoms with E-state index in [1.165, 1.54) is 263 Å². The molecule has 0 saturated heterocycles. The van der Waals surface area contributed by atoms with Crippen LogP contribution in [0.4, 0.5) is 0 Å². The smallest absolute Gasteiger partial charge is 0.361 e. The lowest BCUT2D eigenvalue weighted by Gasteiger charge is -2.25. The molecule has 594 valence electrons. The summed E-state index contributed by atoms with van der Waals surface area (Å²) in [6.45, 7) is 4.80. The van der Waals surface area contributed by atoms with Gasteiger partial charge in [0.25, 0.3) is 6.29 Å². The van der Waals surface area contributed by atoms with Gasteiger partial charge in [0.05, 0.1) is 34.4 Å². The molecule has 0 rings (SSSR count). The highest BCUT2D eigenvalue weighted by atomic mass is 16.7. The third-order valence-corrected chi connectivity index (χ3v) is 19.2. The molecule has 0 aromatic heterocycles. The van der Waals surface area contributed by atoms with Crippen molar-refractivity contribution in [1.29, 1.82) is 0 Å². The topological polar surface area (TPSA) is 108 Å². The molecule has 0 aromatic carbocycles. The number of hydrogen-bond acceptors (Lipinski definition) is 7. The number of aliphatic carboxylic acids is 1. The Balaban J connectivity index is 3.99. The molecule has 2 atom stereocenters. The first-order chi connectivity index (χ1) is 50.6. The number of hydrogen-bond donors (Lipinski definition) is 1. The first-order valence-electron chi connectivity index (χ1n) is 43.7. The van der Waals surface area contributed by atoms with Gasteiger partial charge in [-0.25, -0.2) is 4.79 Å². The van der Waals surface area contributed by atoms with E-state index in [0.29, 0.717) is 23.9 Å². The van der Waals surface area contributed by atoms with E-state index in [9.17, 15) is 19.5 Å². The van der Waals surface area contributed by atoms with Gasteiger partial charge in [-0.3, -0.25) is 9.59 Å². The van der Waals surface area contributed by atoms with Crippen molar-refractivity contribution in [3.05, 3.63) is 122 Å². The number of carbonyl (C=O) groups excluding carboxylic acids is 2. The van der Waals surface area contributed by atoms with Gasteiger partial charge in [0.2, 0.25) is 0 Å². The van der Waals surface area contributed by atoms with Crippen LogP contribution in [0.25, 0.3) is 0 Å². The fourth-order valence-corrected chi connectivity index (χ4v) is 12.6. The minimum atomic E-state index is -1.52. The van der Waals surface area contributed by atoms with Crippen molar-refractivity contribution < 1.29 is 42.9 Å². The molecule has 0 aliphatic heterocycles. The summed E-state index contributed by atoms with van der Waals surface area (Å²) >= 11 is 0. The highest BCUT2D eigenvalue weighted by Crippen LogP contribution is 2.20. The molecule has 9 nitrogen and oxygen atoms in total. The molecule has 0 aliphatic rings. The maximum Gasteiger partial charge on any atom is 0.361 e. The molecule has 1 N–H and O–H groups in total. The first kappa shape index (κ1) is 98.7. The summed E-state index contributed by atoms with van der Waals surface area (Å²) < 4.78 is 23.1. The van der Waals surface area contributed by atoms with Gasteiger partial charge in [0.1, 0.15) is 13.2 Å². The Hall–Kier alpha value is -4.31. The summed E-state index contributed by atoms with van der Waals surface area (Å²) in [4.78, 5) is 37.8. The van der Waals surface area contributed by atoms with Crippen molar-refractivity contribution in [2.24, 2.45) is 0 Å². The summed E-state index contributed by atoms with van der Waals surface area (Å²) in [5, 5.41) is 9.79. The van der Waals surface area contributed by atoms with Gasteiger partial charge >= 0.3 is 17.9 Å². The average molecular weight is 1440 g/mol. The molecular weight excluding hydrogens is 1270 g/mol. The molecule has 0 amide bonds. The van der Waals surface area contributed by atoms with Crippen LogP contribution in [-0.2, 0) is 33.3 Å². The van der Waals surface area contributed by atoms with E-state index >= 15 is 0 Å². The first-order valence-corrected chi connectivity index (χ1v) is 43.7. The predicted octanol–water partition coefficient (Wildman–Crippen LogP) is 28.6. The Morgan fingerprint density at radius 2 is 0.553 bits per heavy atom. The molecule has 0 bridgehead atoms. The number of esters is 2. The zero-order chi connectivity index (χ0) is 74.6. The van der Waals surface area contributed by atoms with Gasteiger partial charge in [-0.05, 0) is 109 Å².